The molecule has 0 amide bonds. The fourth-order valence-electron chi connectivity index (χ4n) is 2.06. The van der Waals surface area contributed by atoms with E-state index in [1.54, 1.807) is 0 Å². The molecule has 1 rings (SSSR count). The highest BCUT2D eigenvalue weighted by atomic mass is 35.5. The summed E-state index contributed by atoms with van der Waals surface area (Å²) in [5.41, 5.74) is 0. The van der Waals surface area contributed by atoms with E-state index in [4.69, 9.17) is 11.6 Å². The Balaban J connectivity index is 2.15. The first-order chi connectivity index (χ1) is 8.27. The number of halogens is 1. The van der Waals surface area contributed by atoms with Gasteiger partial charge in [0.1, 0.15) is 5.82 Å². The van der Waals surface area contributed by atoms with Crippen LogP contribution in [-0.4, -0.2) is 28.5 Å². The summed E-state index contributed by atoms with van der Waals surface area (Å²) in [5, 5.41) is 3.51. The molecule has 98 valence electrons. The lowest BCUT2D eigenvalue weighted by Crippen LogP contribution is -2.26. The lowest BCUT2D eigenvalue weighted by molar-refractivity contribution is 0.424. The van der Waals surface area contributed by atoms with Crippen LogP contribution in [0.3, 0.4) is 0 Å². The molecule has 17 heavy (non-hydrogen) atoms. The zero-order chi connectivity index (χ0) is 12.5. The number of nitrogens with zero attached hydrogens (tertiary/aromatic N) is 2. The van der Waals surface area contributed by atoms with Gasteiger partial charge in [-0.05, 0) is 32.2 Å². The first-order valence-corrected chi connectivity index (χ1v) is 7.05. The summed E-state index contributed by atoms with van der Waals surface area (Å²) in [7, 11) is 0. The first-order valence-electron chi connectivity index (χ1n) is 6.52. The van der Waals surface area contributed by atoms with Gasteiger partial charge in [0.2, 0.25) is 0 Å². The maximum Gasteiger partial charge on any atom is 0.105 e. The minimum atomic E-state index is 0.724. The molecule has 0 fully saturated rings. The van der Waals surface area contributed by atoms with Gasteiger partial charge >= 0.3 is 0 Å². The highest BCUT2D eigenvalue weighted by molar-refractivity contribution is 6.17. The van der Waals surface area contributed by atoms with Crippen LogP contribution in [0, 0.1) is 12.8 Å². The molecule has 0 saturated carbocycles. The Morgan fingerprint density at radius 2 is 2.29 bits per heavy atom. The molecule has 1 heterocycles. The average molecular weight is 258 g/mol. The van der Waals surface area contributed by atoms with Crippen LogP contribution >= 0.6 is 11.6 Å². The number of hydrogen-bond acceptors (Lipinski definition) is 2. The monoisotopic (exact) mass is 257 g/mol. The van der Waals surface area contributed by atoms with Crippen molar-refractivity contribution in [2.24, 2.45) is 5.92 Å². The van der Waals surface area contributed by atoms with Gasteiger partial charge in [-0.3, -0.25) is 0 Å². The van der Waals surface area contributed by atoms with Gasteiger partial charge < -0.3 is 9.88 Å². The Kier molecular flexibility index (Phi) is 7.29. The standard InChI is InChI=1S/C13H24ClN3/c1-3-4-13(5-6-14)11-15-7-9-17-10-8-16-12(17)2/h8,10,13,15H,3-7,9,11H2,1-2H3. The third-order valence-electron chi connectivity index (χ3n) is 3.10. The van der Waals surface area contributed by atoms with Crippen LogP contribution in [0.5, 0.6) is 0 Å². The van der Waals surface area contributed by atoms with E-state index in [1.165, 1.54) is 12.8 Å². The molecular weight excluding hydrogens is 234 g/mol. The Bertz CT molecular complexity index is 293. The molecule has 0 aliphatic rings. The zero-order valence-electron chi connectivity index (χ0n) is 11.0. The highest BCUT2D eigenvalue weighted by Crippen LogP contribution is 2.10. The van der Waals surface area contributed by atoms with Crippen molar-refractivity contribution in [2.45, 2.75) is 39.7 Å². The van der Waals surface area contributed by atoms with Crippen molar-refractivity contribution in [1.82, 2.24) is 14.9 Å². The number of aromatic nitrogens is 2. The fraction of sp³-hybridized carbons (Fsp3) is 0.769. The van der Waals surface area contributed by atoms with Gasteiger partial charge in [-0.1, -0.05) is 13.3 Å². The van der Waals surface area contributed by atoms with Crippen molar-refractivity contribution in [1.29, 1.82) is 0 Å². The average Bonchev–Trinajstić information content (AvgIpc) is 2.71. The van der Waals surface area contributed by atoms with Crippen molar-refractivity contribution in [3.05, 3.63) is 18.2 Å². The summed E-state index contributed by atoms with van der Waals surface area (Å²) in [6.07, 6.45) is 7.50. The van der Waals surface area contributed by atoms with Crippen LogP contribution in [0.1, 0.15) is 32.0 Å². The molecule has 0 aromatic carbocycles. The second-order valence-corrected chi connectivity index (χ2v) is 4.88. The molecule has 0 bridgehead atoms. The molecule has 0 radical (unpaired) electrons. The summed E-state index contributed by atoms with van der Waals surface area (Å²) in [4.78, 5) is 4.21. The predicted molar refractivity (Wildman–Crippen MR) is 73.6 cm³/mol. The molecular formula is C13H24ClN3. The molecule has 0 aliphatic carbocycles. The SMILES string of the molecule is CCCC(CCCl)CNCCn1ccnc1C. The van der Waals surface area contributed by atoms with Gasteiger partial charge in [0.15, 0.2) is 0 Å². The molecule has 1 N–H and O–H groups in total. The van der Waals surface area contributed by atoms with Crippen molar-refractivity contribution in [3.8, 4) is 0 Å². The van der Waals surface area contributed by atoms with E-state index in [-0.39, 0.29) is 0 Å². The van der Waals surface area contributed by atoms with Crippen LogP contribution in [0.15, 0.2) is 12.4 Å². The van der Waals surface area contributed by atoms with E-state index in [1.807, 2.05) is 19.3 Å². The lowest BCUT2D eigenvalue weighted by Gasteiger charge is -2.15. The summed E-state index contributed by atoms with van der Waals surface area (Å²) in [6.45, 7) is 7.34. The van der Waals surface area contributed by atoms with E-state index in [2.05, 4.69) is 21.8 Å². The third-order valence-corrected chi connectivity index (χ3v) is 3.32. The van der Waals surface area contributed by atoms with Gasteiger partial charge in [0, 0.05) is 31.4 Å². The number of rotatable bonds is 9. The largest absolute Gasteiger partial charge is 0.334 e. The first kappa shape index (κ1) is 14.5. The van der Waals surface area contributed by atoms with Crippen LogP contribution in [0.2, 0.25) is 0 Å². The van der Waals surface area contributed by atoms with Crippen LogP contribution in [0.4, 0.5) is 0 Å². The Hall–Kier alpha value is -0.540. The maximum atomic E-state index is 5.81. The number of hydrogen-bond donors (Lipinski definition) is 1. The highest BCUT2D eigenvalue weighted by Gasteiger charge is 2.06. The van der Waals surface area contributed by atoms with Gasteiger partial charge in [-0.25, -0.2) is 4.98 Å². The molecule has 1 aromatic heterocycles. The molecule has 0 saturated heterocycles. The zero-order valence-corrected chi connectivity index (χ0v) is 11.7. The second-order valence-electron chi connectivity index (χ2n) is 4.50. The van der Waals surface area contributed by atoms with E-state index in [0.29, 0.717) is 0 Å². The van der Waals surface area contributed by atoms with Gasteiger partial charge in [0.25, 0.3) is 0 Å². The van der Waals surface area contributed by atoms with E-state index in [9.17, 15) is 0 Å². The van der Waals surface area contributed by atoms with Crippen molar-refractivity contribution >= 4 is 11.6 Å². The topological polar surface area (TPSA) is 29.9 Å². The van der Waals surface area contributed by atoms with Crippen LogP contribution < -0.4 is 5.32 Å². The van der Waals surface area contributed by atoms with Crippen LogP contribution in [0.25, 0.3) is 0 Å². The number of alkyl halides is 1. The normalized spacial score (nSPS) is 12.9. The molecule has 0 aliphatic heterocycles. The summed E-state index contributed by atoms with van der Waals surface area (Å²) in [6, 6.07) is 0. The third kappa shape index (κ3) is 5.55. The molecule has 1 atom stereocenters. The van der Waals surface area contributed by atoms with Crippen LogP contribution in [-0.2, 0) is 6.54 Å². The predicted octanol–water partition coefficient (Wildman–Crippen LogP) is 2.83. The second kappa shape index (κ2) is 8.54. The van der Waals surface area contributed by atoms with Gasteiger partial charge in [-0.15, -0.1) is 11.6 Å². The molecule has 4 heteroatoms. The quantitative estimate of drug-likeness (QED) is 0.545. The molecule has 0 spiro atoms. The molecule has 1 unspecified atom stereocenters. The van der Waals surface area contributed by atoms with Crippen molar-refractivity contribution < 1.29 is 0 Å². The molecule has 3 nitrogen and oxygen atoms in total. The minimum Gasteiger partial charge on any atom is -0.334 e. The van der Waals surface area contributed by atoms with E-state index in [0.717, 1.165) is 43.7 Å². The molecule has 1 aromatic rings. The lowest BCUT2D eigenvalue weighted by atomic mass is 10.0. The Morgan fingerprint density at radius 1 is 1.47 bits per heavy atom. The van der Waals surface area contributed by atoms with E-state index >= 15 is 0 Å². The summed E-state index contributed by atoms with van der Waals surface area (Å²) >= 11 is 5.81. The summed E-state index contributed by atoms with van der Waals surface area (Å²) < 4.78 is 2.17. The maximum absolute atomic E-state index is 5.81. The van der Waals surface area contributed by atoms with Crippen molar-refractivity contribution in [2.75, 3.05) is 19.0 Å². The summed E-state index contributed by atoms with van der Waals surface area (Å²) in [5.74, 6) is 2.58. The van der Waals surface area contributed by atoms with E-state index < -0.39 is 0 Å². The van der Waals surface area contributed by atoms with Gasteiger partial charge in [-0.2, -0.15) is 0 Å². The van der Waals surface area contributed by atoms with Crippen molar-refractivity contribution in [3.63, 3.8) is 0 Å². The smallest absolute Gasteiger partial charge is 0.105 e. The number of imidazole rings is 1. The number of aryl methyl sites for hydroxylation is 1. The van der Waals surface area contributed by atoms with Gasteiger partial charge in [0.05, 0.1) is 0 Å². The Labute approximate surface area is 110 Å². The number of nitrogens with one attached hydrogen (secondary N) is 1. The Morgan fingerprint density at radius 3 is 2.88 bits per heavy atom. The fourth-order valence-corrected chi connectivity index (χ4v) is 2.37. The minimum absolute atomic E-state index is 0.724.